The molecule has 0 saturated heterocycles. The van der Waals surface area contributed by atoms with Gasteiger partial charge < -0.3 is 14.2 Å². The molecule has 0 radical (unpaired) electrons. The highest BCUT2D eigenvalue weighted by atomic mass is 16.6. The molecule has 0 aromatic heterocycles. The van der Waals surface area contributed by atoms with Crippen LogP contribution in [0.15, 0.2) is 122 Å². The summed E-state index contributed by atoms with van der Waals surface area (Å²) in [6, 6.07) is 0. The summed E-state index contributed by atoms with van der Waals surface area (Å²) < 4.78 is 16.8. The first kappa shape index (κ1) is 76.8. The van der Waals surface area contributed by atoms with Crippen LogP contribution in [0.3, 0.4) is 0 Å². The van der Waals surface area contributed by atoms with Gasteiger partial charge >= 0.3 is 17.9 Å². The molecule has 0 amide bonds. The lowest BCUT2D eigenvalue weighted by molar-refractivity contribution is -0.167. The lowest BCUT2D eigenvalue weighted by atomic mass is 10.0. The van der Waals surface area contributed by atoms with Crippen molar-refractivity contribution in [3.8, 4) is 0 Å². The quantitative estimate of drug-likeness (QED) is 0.0261. The average molecular weight is 1120 g/mol. The van der Waals surface area contributed by atoms with Crippen LogP contribution >= 0.6 is 0 Å². The molecule has 0 spiro atoms. The van der Waals surface area contributed by atoms with Crippen molar-refractivity contribution < 1.29 is 28.6 Å². The molecule has 1 unspecified atom stereocenters. The summed E-state index contributed by atoms with van der Waals surface area (Å²) in [6.07, 6.45) is 95.5. The van der Waals surface area contributed by atoms with Gasteiger partial charge in [-0.25, -0.2) is 0 Å². The molecule has 0 aliphatic carbocycles. The molecule has 6 nitrogen and oxygen atoms in total. The number of unbranched alkanes of at least 4 members (excludes halogenated alkanes) is 30. The van der Waals surface area contributed by atoms with E-state index in [1.807, 2.05) is 0 Å². The fraction of sp³-hybridized carbons (Fsp3) is 0.693. The van der Waals surface area contributed by atoms with E-state index in [-0.39, 0.29) is 31.1 Å². The SMILES string of the molecule is CC/C=C\C/C=C\C/C=C\C/C=C\C/C=C\C/C=C\C/C=C\CCCCCCCCCCCC(=O)OCC(COC(=O)CCCCCCC)OC(=O)CCCCCCCCCCCCCC/C=C\C/C=C\C/C=C\CCCCCCC. The van der Waals surface area contributed by atoms with Crippen molar-refractivity contribution in [2.24, 2.45) is 0 Å². The fourth-order valence-electron chi connectivity index (χ4n) is 9.37. The second-order valence-corrected chi connectivity index (χ2v) is 22.4. The van der Waals surface area contributed by atoms with Crippen LogP contribution in [-0.4, -0.2) is 37.2 Å². The Kier molecular flexibility index (Phi) is 64.8. The van der Waals surface area contributed by atoms with E-state index in [2.05, 4.69) is 142 Å². The van der Waals surface area contributed by atoms with Gasteiger partial charge in [0.05, 0.1) is 0 Å². The molecular weight excluding hydrogens is 997 g/mol. The predicted octanol–water partition coefficient (Wildman–Crippen LogP) is 23.6. The van der Waals surface area contributed by atoms with Crippen molar-refractivity contribution in [2.45, 2.75) is 322 Å². The minimum absolute atomic E-state index is 0.0814. The lowest BCUT2D eigenvalue weighted by Gasteiger charge is -2.18. The van der Waals surface area contributed by atoms with Crippen LogP contribution in [0.1, 0.15) is 316 Å². The highest BCUT2D eigenvalue weighted by Crippen LogP contribution is 2.16. The van der Waals surface area contributed by atoms with Crippen molar-refractivity contribution in [1.29, 1.82) is 0 Å². The largest absolute Gasteiger partial charge is 0.462 e. The summed E-state index contributed by atoms with van der Waals surface area (Å²) in [5.74, 6) is -0.897. The smallest absolute Gasteiger partial charge is 0.306 e. The Morgan fingerprint density at radius 3 is 0.753 bits per heavy atom. The number of allylic oxidation sites excluding steroid dienone is 20. The molecule has 0 aromatic carbocycles. The van der Waals surface area contributed by atoms with E-state index < -0.39 is 6.10 Å². The van der Waals surface area contributed by atoms with Crippen LogP contribution < -0.4 is 0 Å². The minimum atomic E-state index is -0.781. The Bertz CT molecular complexity index is 1670. The number of rotatable bonds is 61. The molecule has 81 heavy (non-hydrogen) atoms. The van der Waals surface area contributed by atoms with Crippen LogP contribution in [0.4, 0.5) is 0 Å². The van der Waals surface area contributed by atoms with Gasteiger partial charge in [-0.3, -0.25) is 14.4 Å². The van der Waals surface area contributed by atoms with Crippen LogP contribution in [0.25, 0.3) is 0 Å². The normalized spacial score (nSPS) is 12.9. The van der Waals surface area contributed by atoms with Crippen LogP contribution in [0.2, 0.25) is 0 Å². The predicted molar refractivity (Wildman–Crippen MR) is 353 cm³/mol. The van der Waals surface area contributed by atoms with Crippen LogP contribution in [0, 0.1) is 0 Å². The van der Waals surface area contributed by atoms with Crippen molar-refractivity contribution in [3.63, 3.8) is 0 Å². The number of hydrogen-bond donors (Lipinski definition) is 0. The third-order valence-corrected chi connectivity index (χ3v) is 14.5. The zero-order chi connectivity index (χ0) is 58.5. The maximum atomic E-state index is 12.9. The van der Waals surface area contributed by atoms with Crippen LogP contribution in [-0.2, 0) is 28.6 Å². The average Bonchev–Trinajstić information content (AvgIpc) is 3.47. The monoisotopic (exact) mass is 1120 g/mol. The zero-order valence-electron chi connectivity index (χ0n) is 53.0. The molecule has 0 saturated carbocycles. The molecule has 0 N–H and O–H groups in total. The molecule has 0 rings (SSSR count). The minimum Gasteiger partial charge on any atom is -0.462 e. The summed E-state index contributed by atoms with van der Waals surface area (Å²) in [7, 11) is 0. The summed E-state index contributed by atoms with van der Waals surface area (Å²) in [5.41, 5.74) is 0. The molecule has 0 fully saturated rings. The zero-order valence-corrected chi connectivity index (χ0v) is 53.0. The Hall–Kier alpha value is -4.19. The molecule has 0 aliphatic heterocycles. The standard InChI is InChI=1S/C75H126O6/c1-4-7-10-13-15-17-19-21-23-25-27-29-31-33-35-36-37-38-40-41-43-45-47-49-51-53-55-57-59-62-65-68-74(77)80-71-72(70-79-73(76)67-64-61-12-9-6-3)81-75(78)69-66-63-60-58-56-54-52-50-48-46-44-42-39-34-32-30-28-26-24-22-20-18-16-14-11-8-5-2/h7,10,15,17,20-23,26-29,32-35,37-38,41,43,72H,4-6,8-9,11-14,16,18-19,24-25,30-31,36,39-40,42,44-71H2,1-3H3/b10-7-,17-15-,22-20-,23-21-,28-26-,29-27-,34-32-,35-33-,38-37-,43-41-. The maximum Gasteiger partial charge on any atom is 0.306 e. The first-order valence-electron chi connectivity index (χ1n) is 34.0. The molecule has 1 atom stereocenters. The summed E-state index contributed by atoms with van der Waals surface area (Å²) >= 11 is 0. The Balaban J connectivity index is 4.05. The third kappa shape index (κ3) is 66.5. The first-order chi connectivity index (χ1) is 40.0. The van der Waals surface area contributed by atoms with E-state index in [0.29, 0.717) is 19.3 Å². The van der Waals surface area contributed by atoms with Gasteiger partial charge in [0.1, 0.15) is 13.2 Å². The summed E-state index contributed by atoms with van der Waals surface area (Å²) in [5, 5.41) is 0. The van der Waals surface area contributed by atoms with Gasteiger partial charge in [-0.2, -0.15) is 0 Å². The molecule has 0 heterocycles. The van der Waals surface area contributed by atoms with E-state index in [4.69, 9.17) is 14.2 Å². The van der Waals surface area contributed by atoms with E-state index in [9.17, 15) is 14.4 Å². The Morgan fingerprint density at radius 1 is 0.259 bits per heavy atom. The number of esters is 3. The number of hydrogen-bond acceptors (Lipinski definition) is 6. The Morgan fingerprint density at radius 2 is 0.481 bits per heavy atom. The van der Waals surface area contributed by atoms with Gasteiger partial charge in [0, 0.05) is 19.3 Å². The first-order valence-corrected chi connectivity index (χ1v) is 34.0. The number of carbonyl (C=O) groups is 3. The maximum absolute atomic E-state index is 12.9. The number of ether oxygens (including phenoxy) is 3. The lowest BCUT2D eigenvalue weighted by Crippen LogP contribution is -2.30. The molecule has 462 valence electrons. The van der Waals surface area contributed by atoms with E-state index in [0.717, 1.165) is 128 Å². The molecular formula is C75H126O6. The van der Waals surface area contributed by atoms with Gasteiger partial charge in [-0.1, -0.05) is 303 Å². The second kappa shape index (κ2) is 68.3. The van der Waals surface area contributed by atoms with Gasteiger partial charge in [0.2, 0.25) is 0 Å². The van der Waals surface area contributed by atoms with Gasteiger partial charge in [-0.15, -0.1) is 0 Å². The highest BCUT2D eigenvalue weighted by molar-refractivity contribution is 5.71. The highest BCUT2D eigenvalue weighted by Gasteiger charge is 2.19. The number of carbonyl (C=O) groups excluding carboxylic acids is 3. The van der Waals surface area contributed by atoms with Crippen molar-refractivity contribution in [3.05, 3.63) is 122 Å². The van der Waals surface area contributed by atoms with Crippen LogP contribution in [0.5, 0.6) is 0 Å². The van der Waals surface area contributed by atoms with Gasteiger partial charge in [0.15, 0.2) is 6.10 Å². The molecule has 0 aromatic rings. The molecule has 0 aliphatic rings. The fourth-order valence-corrected chi connectivity index (χ4v) is 9.37. The molecule has 6 heteroatoms. The van der Waals surface area contributed by atoms with Gasteiger partial charge in [0.25, 0.3) is 0 Å². The summed E-state index contributed by atoms with van der Waals surface area (Å²) in [4.78, 5) is 38.0. The third-order valence-electron chi connectivity index (χ3n) is 14.5. The van der Waals surface area contributed by atoms with E-state index in [1.54, 1.807) is 0 Å². The summed E-state index contributed by atoms with van der Waals surface area (Å²) in [6.45, 7) is 6.44. The van der Waals surface area contributed by atoms with E-state index in [1.165, 1.54) is 148 Å². The van der Waals surface area contributed by atoms with E-state index >= 15 is 0 Å². The molecule has 0 bridgehead atoms. The topological polar surface area (TPSA) is 78.9 Å². The van der Waals surface area contributed by atoms with Crippen molar-refractivity contribution >= 4 is 17.9 Å². The van der Waals surface area contributed by atoms with Crippen molar-refractivity contribution in [2.75, 3.05) is 13.2 Å². The van der Waals surface area contributed by atoms with Gasteiger partial charge in [-0.05, 0) is 116 Å². The van der Waals surface area contributed by atoms with Crippen molar-refractivity contribution in [1.82, 2.24) is 0 Å². The Labute approximate surface area is 501 Å². The second-order valence-electron chi connectivity index (χ2n) is 22.4.